The summed E-state index contributed by atoms with van der Waals surface area (Å²) in [7, 11) is 0. The third-order valence-electron chi connectivity index (χ3n) is 3.14. The van der Waals surface area contributed by atoms with E-state index in [0.717, 1.165) is 26.2 Å². The zero-order valence-electron chi connectivity index (χ0n) is 12.2. The van der Waals surface area contributed by atoms with Crippen LogP contribution >= 0.6 is 34.4 Å². The molecular weight excluding hydrogens is 421 g/mol. The van der Waals surface area contributed by atoms with Crippen molar-refractivity contribution >= 4 is 50.9 Å². The second-order valence-corrected chi connectivity index (χ2v) is 6.69. The van der Waals surface area contributed by atoms with Gasteiger partial charge in [0.1, 0.15) is 5.65 Å². The lowest BCUT2D eigenvalue weighted by Gasteiger charge is -2.01. The van der Waals surface area contributed by atoms with Gasteiger partial charge >= 0.3 is 0 Å². The van der Waals surface area contributed by atoms with E-state index in [4.69, 9.17) is 5.26 Å². The Balaban J connectivity index is 1.99. The molecule has 0 fully saturated rings. The molecule has 2 aromatic heterocycles. The normalized spacial score (nSPS) is 11.4. The lowest BCUT2D eigenvalue weighted by atomic mass is 10.1. The van der Waals surface area contributed by atoms with Crippen molar-refractivity contribution in [3.63, 3.8) is 0 Å². The molecular formula is C16H12IN5S. The average Bonchev–Trinajstić information content (AvgIpc) is 2.98. The van der Waals surface area contributed by atoms with Crippen molar-refractivity contribution in [3.8, 4) is 17.5 Å². The van der Waals surface area contributed by atoms with Gasteiger partial charge in [0, 0.05) is 21.5 Å². The van der Waals surface area contributed by atoms with Crippen molar-refractivity contribution in [2.24, 2.45) is 4.99 Å². The summed E-state index contributed by atoms with van der Waals surface area (Å²) < 4.78 is 3.17. The monoisotopic (exact) mass is 433 g/mol. The maximum absolute atomic E-state index is 8.71. The number of nitrogens with one attached hydrogen (secondary N) is 1. The van der Waals surface area contributed by atoms with Gasteiger partial charge in [-0.1, -0.05) is 23.9 Å². The number of imidazole rings is 1. The second-order valence-electron chi connectivity index (χ2n) is 4.65. The molecule has 0 aliphatic rings. The predicted molar refractivity (Wildman–Crippen MR) is 103 cm³/mol. The van der Waals surface area contributed by atoms with E-state index in [1.54, 1.807) is 0 Å². The van der Waals surface area contributed by atoms with E-state index in [0.29, 0.717) is 5.17 Å². The fraction of sp³-hybridized carbons (Fsp3) is 0.0625. The van der Waals surface area contributed by atoms with Gasteiger partial charge in [0.25, 0.3) is 0 Å². The highest BCUT2D eigenvalue weighted by molar-refractivity contribution is 14.1. The summed E-state index contributed by atoms with van der Waals surface area (Å²) >= 11 is 3.67. The number of aliphatic imine (C=N–C) groups is 1. The van der Waals surface area contributed by atoms with Crippen LogP contribution in [0.15, 0.2) is 53.8 Å². The Bertz CT molecular complexity index is 926. The first-order valence-corrected chi connectivity index (χ1v) is 9.02. The molecule has 1 aromatic carbocycles. The molecule has 3 rings (SSSR count). The summed E-state index contributed by atoms with van der Waals surface area (Å²) in [5.74, 6) is 0. The highest BCUT2D eigenvalue weighted by Crippen LogP contribution is 2.25. The lowest BCUT2D eigenvalue weighted by Crippen LogP contribution is -2.12. The Morgan fingerprint density at radius 3 is 3.00 bits per heavy atom. The third-order valence-corrected chi connectivity index (χ3v) is 4.36. The van der Waals surface area contributed by atoms with Crippen molar-refractivity contribution < 1.29 is 0 Å². The highest BCUT2D eigenvalue weighted by Gasteiger charge is 2.06. The number of aromatic nitrogens is 2. The predicted octanol–water partition coefficient (Wildman–Crippen LogP) is 4.03. The second kappa shape index (κ2) is 7.02. The van der Waals surface area contributed by atoms with Gasteiger partial charge in [0.05, 0.1) is 11.4 Å². The standard InChI is InChI=1S/C16H12IN5S/c1-23-16(19-10-18)20-13-4-2-3-11(7-13)14-9-22-8-12(17)5-6-15(22)21-14/h2-9H,1H3,(H,19,20). The third kappa shape index (κ3) is 3.65. The molecule has 0 unspecified atom stereocenters. The smallest absolute Gasteiger partial charge is 0.183 e. The molecule has 0 saturated heterocycles. The molecule has 0 aliphatic carbocycles. The molecule has 0 bridgehead atoms. The summed E-state index contributed by atoms with van der Waals surface area (Å²) in [6, 6.07) is 11.8. The van der Waals surface area contributed by atoms with Crippen LogP contribution in [0.1, 0.15) is 0 Å². The molecule has 0 amide bonds. The molecule has 5 nitrogen and oxygen atoms in total. The summed E-state index contributed by atoms with van der Waals surface area (Å²) in [6.45, 7) is 0. The number of nitrogens with zero attached hydrogens (tertiary/aromatic N) is 4. The van der Waals surface area contributed by atoms with Gasteiger partial charge in [-0.05, 0) is 53.1 Å². The molecule has 1 N–H and O–H groups in total. The number of halogens is 1. The quantitative estimate of drug-likeness (QED) is 0.218. The number of hydrogen-bond donors (Lipinski definition) is 1. The van der Waals surface area contributed by atoms with E-state index < -0.39 is 0 Å². The van der Waals surface area contributed by atoms with Crippen LogP contribution in [-0.4, -0.2) is 20.8 Å². The molecule has 114 valence electrons. The summed E-state index contributed by atoms with van der Waals surface area (Å²) in [4.78, 5) is 9.07. The first-order chi connectivity index (χ1) is 11.2. The van der Waals surface area contributed by atoms with Crippen LogP contribution in [0, 0.1) is 15.0 Å². The van der Waals surface area contributed by atoms with Crippen LogP contribution in [-0.2, 0) is 0 Å². The van der Waals surface area contributed by atoms with Crippen molar-refractivity contribution in [1.82, 2.24) is 14.7 Å². The Hall–Kier alpha value is -2.05. The van der Waals surface area contributed by atoms with Crippen molar-refractivity contribution in [2.45, 2.75) is 0 Å². The van der Waals surface area contributed by atoms with Crippen LogP contribution in [0.3, 0.4) is 0 Å². The van der Waals surface area contributed by atoms with Gasteiger partial charge in [-0.15, -0.1) is 0 Å². The molecule has 0 saturated carbocycles. The fourth-order valence-electron chi connectivity index (χ4n) is 2.13. The minimum atomic E-state index is 0.564. The topological polar surface area (TPSA) is 65.5 Å². The molecule has 23 heavy (non-hydrogen) atoms. The molecule has 0 atom stereocenters. The van der Waals surface area contributed by atoms with Crippen LogP contribution in [0.5, 0.6) is 0 Å². The highest BCUT2D eigenvalue weighted by atomic mass is 127. The molecule has 0 radical (unpaired) electrons. The van der Waals surface area contributed by atoms with E-state index in [2.05, 4.69) is 37.9 Å². The van der Waals surface area contributed by atoms with Crippen LogP contribution < -0.4 is 5.32 Å². The number of rotatable bonds is 2. The lowest BCUT2D eigenvalue weighted by molar-refractivity contribution is 1.17. The van der Waals surface area contributed by atoms with Gasteiger partial charge in [-0.2, -0.15) is 5.26 Å². The molecule has 0 aliphatic heterocycles. The summed E-state index contributed by atoms with van der Waals surface area (Å²) in [6.07, 6.45) is 7.80. The Kier molecular flexibility index (Phi) is 4.83. The van der Waals surface area contributed by atoms with Gasteiger partial charge in [-0.25, -0.2) is 9.98 Å². The number of amidine groups is 1. The van der Waals surface area contributed by atoms with Crippen LogP contribution in [0.25, 0.3) is 16.9 Å². The Labute approximate surface area is 151 Å². The number of benzene rings is 1. The SMILES string of the molecule is CSC(=Nc1cccc(-c2cn3cc(I)ccc3n2)c1)NC#N. The maximum atomic E-state index is 8.71. The zero-order chi connectivity index (χ0) is 16.2. The van der Waals surface area contributed by atoms with E-state index in [9.17, 15) is 0 Å². The molecule has 7 heteroatoms. The average molecular weight is 433 g/mol. The van der Waals surface area contributed by atoms with Gasteiger partial charge < -0.3 is 4.40 Å². The minimum absolute atomic E-state index is 0.564. The van der Waals surface area contributed by atoms with E-state index in [1.165, 1.54) is 11.8 Å². The first kappa shape index (κ1) is 15.8. The van der Waals surface area contributed by atoms with E-state index >= 15 is 0 Å². The largest absolute Gasteiger partial charge is 0.305 e. The maximum Gasteiger partial charge on any atom is 0.183 e. The van der Waals surface area contributed by atoms with Crippen molar-refractivity contribution in [1.29, 1.82) is 5.26 Å². The van der Waals surface area contributed by atoms with E-state index in [1.807, 2.05) is 65.6 Å². The fourth-order valence-corrected chi connectivity index (χ4v) is 2.95. The number of pyridine rings is 1. The van der Waals surface area contributed by atoms with Crippen LogP contribution in [0.4, 0.5) is 5.69 Å². The molecule has 3 aromatic rings. The summed E-state index contributed by atoms with van der Waals surface area (Å²) in [5.41, 5.74) is 3.57. The minimum Gasteiger partial charge on any atom is -0.305 e. The number of hydrogen-bond acceptors (Lipinski definition) is 4. The van der Waals surface area contributed by atoms with Gasteiger partial charge in [0.2, 0.25) is 0 Å². The number of fused-ring (bicyclic) bond motifs is 1. The number of nitriles is 1. The summed E-state index contributed by atoms with van der Waals surface area (Å²) in [5, 5.41) is 11.8. The Morgan fingerprint density at radius 2 is 2.22 bits per heavy atom. The van der Waals surface area contributed by atoms with Gasteiger partial charge in [-0.3, -0.25) is 5.32 Å². The van der Waals surface area contributed by atoms with Crippen molar-refractivity contribution in [3.05, 3.63) is 52.4 Å². The van der Waals surface area contributed by atoms with Crippen LogP contribution in [0.2, 0.25) is 0 Å². The zero-order valence-corrected chi connectivity index (χ0v) is 15.2. The first-order valence-electron chi connectivity index (χ1n) is 6.72. The van der Waals surface area contributed by atoms with Crippen molar-refractivity contribution in [2.75, 3.05) is 6.26 Å². The van der Waals surface area contributed by atoms with Gasteiger partial charge in [0.15, 0.2) is 11.4 Å². The van der Waals surface area contributed by atoms with E-state index in [-0.39, 0.29) is 0 Å². The molecule has 2 heterocycles. The Morgan fingerprint density at radius 1 is 1.35 bits per heavy atom. The number of thioether (sulfide) groups is 1. The molecule has 0 spiro atoms.